The number of hydrogen-bond acceptors (Lipinski definition) is 3. The number of nitrogens with zero attached hydrogens (tertiary/aromatic N) is 2. The minimum Gasteiger partial charge on any atom is -0.371 e. The standard InChI is InChI=1S/C13H25N3/c1-2-9-16-10-6-12(7-11-16)15-13-5-3-4-8-14-13/h12H,2-11H2,1H3,(H,14,15). The normalized spacial score (nSPS) is 24.2. The number of nitrogens with one attached hydrogen (secondary N) is 1. The van der Waals surface area contributed by atoms with Crippen LogP contribution in [0.5, 0.6) is 0 Å². The molecule has 1 N–H and O–H groups in total. The fourth-order valence-corrected chi connectivity index (χ4v) is 2.67. The smallest absolute Gasteiger partial charge is 0.0965 e. The molecule has 0 spiro atoms. The summed E-state index contributed by atoms with van der Waals surface area (Å²) in [6.45, 7) is 7.10. The summed E-state index contributed by atoms with van der Waals surface area (Å²) in [6.07, 6.45) is 7.64. The van der Waals surface area contributed by atoms with Crippen molar-refractivity contribution in [2.24, 2.45) is 4.99 Å². The molecular weight excluding hydrogens is 198 g/mol. The molecule has 0 unspecified atom stereocenters. The van der Waals surface area contributed by atoms with Gasteiger partial charge in [-0.2, -0.15) is 0 Å². The number of likely N-dealkylation sites (tertiary alicyclic amines) is 1. The lowest BCUT2D eigenvalue weighted by molar-refractivity contribution is 0.206. The van der Waals surface area contributed by atoms with Gasteiger partial charge in [0.1, 0.15) is 0 Å². The fraction of sp³-hybridized carbons (Fsp3) is 0.923. The van der Waals surface area contributed by atoms with Gasteiger partial charge in [0.05, 0.1) is 5.84 Å². The Hall–Kier alpha value is -0.570. The first-order valence-corrected chi connectivity index (χ1v) is 6.90. The molecule has 2 heterocycles. The van der Waals surface area contributed by atoms with Crippen molar-refractivity contribution in [3.05, 3.63) is 0 Å². The Morgan fingerprint density at radius 3 is 2.75 bits per heavy atom. The van der Waals surface area contributed by atoms with Crippen LogP contribution in [-0.2, 0) is 0 Å². The highest BCUT2D eigenvalue weighted by Gasteiger charge is 2.19. The number of amidine groups is 1. The molecule has 2 rings (SSSR count). The van der Waals surface area contributed by atoms with Crippen molar-refractivity contribution in [2.75, 3.05) is 26.2 Å². The van der Waals surface area contributed by atoms with Crippen LogP contribution in [0, 0.1) is 0 Å². The number of piperidine rings is 1. The molecule has 0 radical (unpaired) electrons. The van der Waals surface area contributed by atoms with Crippen molar-refractivity contribution >= 4 is 5.84 Å². The van der Waals surface area contributed by atoms with Crippen LogP contribution in [0.2, 0.25) is 0 Å². The molecule has 2 aliphatic rings. The minimum atomic E-state index is 0.685. The van der Waals surface area contributed by atoms with Crippen LogP contribution in [0.4, 0.5) is 0 Å². The summed E-state index contributed by atoms with van der Waals surface area (Å²) < 4.78 is 0. The predicted octanol–water partition coefficient (Wildman–Crippen LogP) is 2.03. The lowest BCUT2D eigenvalue weighted by atomic mass is 10.0. The predicted molar refractivity (Wildman–Crippen MR) is 69.0 cm³/mol. The molecule has 0 bridgehead atoms. The quantitative estimate of drug-likeness (QED) is 0.793. The fourth-order valence-electron chi connectivity index (χ4n) is 2.67. The maximum Gasteiger partial charge on any atom is 0.0965 e. The third kappa shape index (κ3) is 3.48. The van der Waals surface area contributed by atoms with Gasteiger partial charge in [-0.05, 0) is 38.6 Å². The summed E-state index contributed by atoms with van der Waals surface area (Å²) in [5.41, 5.74) is 0. The van der Waals surface area contributed by atoms with Gasteiger partial charge < -0.3 is 10.2 Å². The Labute approximate surface area is 99.3 Å². The number of aliphatic imine (C=N–C) groups is 1. The average Bonchev–Trinajstić information content (AvgIpc) is 2.33. The minimum absolute atomic E-state index is 0.685. The Balaban J connectivity index is 1.70. The molecule has 0 aromatic heterocycles. The molecule has 3 nitrogen and oxygen atoms in total. The molecule has 0 aromatic carbocycles. The van der Waals surface area contributed by atoms with E-state index in [4.69, 9.17) is 0 Å². The van der Waals surface area contributed by atoms with Gasteiger partial charge >= 0.3 is 0 Å². The molecule has 3 heteroatoms. The number of hydrogen-bond donors (Lipinski definition) is 1. The summed E-state index contributed by atoms with van der Waals surface area (Å²) >= 11 is 0. The molecule has 0 saturated carbocycles. The van der Waals surface area contributed by atoms with Crippen molar-refractivity contribution in [1.82, 2.24) is 10.2 Å². The Morgan fingerprint density at radius 1 is 1.31 bits per heavy atom. The van der Waals surface area contributed by atoms with Gasteiger partial charge in [-0.3, -0.25) is 4.99 Å². The Kier molecular flexibility index (Phi) is 4.64. The Bertz CT molecular complexity index is 229. The maximum absolute atomic E-state index is 4.57. The average molecular weight is 223 g/mol. The van der Waals surface area contributed by atoms with Crippen LogP contribution in [0.3, 0.4) is 0 Å². The van der Waals surface area contributed by atoms with E-state index in [0.717, 1.165) is 6.54 Å². The van der Waals surface area contributed by atoms with Crippen molar-refractivity contribution in [3.8, 4) is 0 Å². The van der Waals surface area contributed by atoms with E-state index in [9.17, 15) is 0 Å². The topological polar surface area (TPSA) is 27.6 Å². The largest absolute Gasteiger partial charge is 0.371 e. The van der Waals surface area contributed by atoms with E-state index >= 15 is 0 Å². The zero-order valence-electron chi connectivity index (χ0n) is 10.5. The van der Waals surface area contributed by atoms with Gasteiger partial charge in [0.25, 0.3) is 0 Å². The third-order valence-corrected chi connectivity index (χ3v) is 3.62. The molecule has 0 aromatic rings. The molecule has 92 valence electrons. The summed E-state index contributed by atoms with van der Waals surface area (Å²) in [7, 11) is 0. The van der Waals surface area contributed by atoms with E-state index in [1.54, 1.807) is 0 Å². The van der Waals surface area contributed by atoms with Crippen LogP contribution in [0.25, 0.3) is 0 Å². The van der Waals surface area contributed by atoms with E-state index in [-0.39, 0.29) is 0 Å². The third-order valence-electron chi connectivity index (χ3n) is 3.62. The summed E-state index contributed by atoms with van der Waals surface area (Å²) in [4.78, 5) is 7.16. The van der Waals surface area contributed by atoms with E-state index < -0.39 is 0 Å². The first-order chi connectivity index (χ1) is 7.88. The SMILES string of the molecule is CCCN1CCC(NC2=NCCCC2)CC1. The zero-order valence-corrected chi connectivity index (χ0v) is 10.5. The molecule has 1 fully saturated rings. The first-order valence-electron chi connectivity index (χ1n) is 6.90. The van der Waals surface area contributed by atoms with Crippen molar-refractivity contribution in [3.63, 3.8) is 0 Å². The summed E-state index contributed by atoms with van der Waals surface area (Å²) in [6, 6.07) is 0.685. The zero-order chi connectivity index (χ0) is 11.2. The highest BCUT2D eigenvalue weighted by Crippen LogP contribution is 2.12. The summed E-state index contributed by atoms with van der Waals surface area (Å²) in [5, 5.41) is 3.64. The van der Waals surface area contributed by atoms with Crippen molar-refractivity contribution < 1.29 is 0 Å². The van der Waals surface area contributed by atoms with Crippen LogP contribution in [0.1, 0.15) is 45.4 Å². The number of rotatable bonds is 3. The van der Waals surface area contributed by atoms with Crippen LogP contribution >= 0.6 is 0 Å². The summed E-state index contributed by atoms with van der Waals surface area (Å²) in [5.74, 6) is 1.28. The molecule has 0 atom stereocenters. The van der Waals surface area contributed by atoms with Crippen LogP contribution in [-0.4, -0.2) is 43.0 Å². The van der Waals surface area contributed by atoms with Gasteiger partial charge in [0.2, 0.25) is 0 Å². The van der Waals surface area contributed by atoms with Crippen molar-refractivity contribution in [1.29, 1.82) is 0 Å². The molecule has 0 amide bonds. The molecule has 1 saturated heterocycles. The van der Waals surface area contributed by atoms with Crippen LogP contribution in [0.15, 0.2) is 4.99 Å². The Morgan fingerprint density at radius 2 is 2.12 bits per heavy atom. The first kappa shape index (κ1) is 11.9. The molecule has 16 heavy (non-hydrogen) atoms. The van der Waals surface area contributed by atoms with Gasteiger partial charge in [0.15, 0.2) is 0 Å². The molecular formula is C13H25N3. The van der Waals surface area contributed by atoms with Gasteiger partial charge in [-0.25, -0.2) is 0 Å². The lowest BCUT2D eigenvalue weighted by Gasteiger charge is -2.33. The lowest BCUT2D eigenvalue weighted by Crippen LogP contribution is -2.45. The van der Waals surface area contributed by atoms with Gasteiger partial charge in [0, 0.05) is 32.1 Å². The monoisotopic (exact) mass is 223 g/mol. The van der Waals surface area contributed by atoms with E-state index in [2.05, 4.69) is 22.1 Å². The molecule has 0 aliphatic carbocycles. The van der Waals surface area contributed by atoms with Crippen LogP contribution < -0.4 is 5.32 Å². The van der Waals surface area contributed by atoms with Crippen molar-refractivity contribution in [2.45, 2.75) is 51.5 Å². The van der Waals surface area contributed by atoms with E-state index in [0.29, 0.717) is 6.04 Å². The second-order valence-electron chi connectivity index (χ2n) is 5.05. The maximum atomic E-state index is 4.57. The van der Waals surface area contributed by atoms with Gasteiger partial charge in [-0.15, -0.1) is 0 Å². The highest BCUT2D eigenvalue weighted by atomic mass is 15.1. The van der Waals surface area contributed by atoms with E-state index in [1.807, 2.05) is 0 Å². The van der Waals surface area contributed by atoms with E-state index in [1.165, 1.54) is 64.0 Å². The van der Waals surface area contributed by atoms with Gasteiger partial charge in [-0.1, -0.05) is 6.92 Å². The highest BCUT2D eigenvalue weighted by molar-refractivity contribution is 5.82. The second-order valence-corrected chi connectivity index (χ2v) is 5.05. The molecule has 2 aliphatic heterocycles. The second kappa shape index (κ2) is 6.24.